The number of nitrogens with zero attached hydrogens (tertiary/aromatic N) is 1. The number of hydrogen-bond acceptors (Lipinski definition) is 2. The first-order chi connectivity index (χ1) is 6.63. The number of likely N-dealkylation sites (tertiary alicyclic amines) is 1. The molecule has 0 aromatic carbocycles. The number of carbonyl (C=O) groups is 1. The van der Waals surface area contributed by atoms with Gasteiger partial charge in [-0.05, 0) is 38.8 Å². The van der Waals surface area contributed by atoms with Crippen molar-refractivity contribution in [3.63, 3.8) is 0 Å². The average molecular weight is 197 g/mol. The van der Waals surface area contributed by atoms with E-state index < -0.39 is 5.97 Å². The molecule has 1 N–H and O–H groups in total. The molecule has 3 nitrogen and oxygen atoms in total. The Hall–Kier alpha value is -0.830. The second-order valence-corrected chi connectivity index (χ2v) is 4.05. The molecular formula is C11H19NO2. The molecule has 1 saturated heterocycles. The van der Waals surface area contributed by atoms with Gasteiger partial charge in [-0.1, -0.05) is 6.08 Å². The van der Waals surface area contributed by atoms with E-state index in [0.29, 0.717) is 18.4 Å². The van der Waals surface area contributed by atoms with Crippen molar-refractivity contribution in [2.75, 3.05) is 13.1 Å². The molecule has 80 valence electrons. The first kappa shape index (κ1) is 11.2. The fraction of sp³-hybridized carbons (Fsp3) is 0.727. The molecule has 0 aliphatic carbocycles. The minimum Gasteiger partial charge on any atom is -0.481 e. The number of carboxylic acids is 1. The molecule has 3 heteroatoms. The summed E-state index contributed by atoms with van der Waals surface area (Å²) in [4.78, 5) is 12.9. The van der Waals surface area contributed by atoms with Crippen LogP contribution in [-0.4, -0.2) is 35.1 Å². The van der Waals surface area contributed by atoms with E-state index in [4.69, 9.17) is 5.11 Å². The van der Waals surface area contributed by atoms with Crippen LogP contribution in [0.15, 0.2) is 12.7 Å². The van der Waals surface area contributed by atoms with Crippen molar-refractivity contribution < 1.29 is 9.90 Å². The van der Waals surface area contributed by atoms with Crippen LogP contribution < -0.4 is 0 Å². The van der Waals surface area contributed by atoms with Crippen LogP contribution in [-0.2, 0) is 4.79 Å². The van der Waals surface area contributed by atoms with Gasteiger partial charge in [0.15, 0.2) is 0 Å². The average Bonchev–Trinajstić information content (AvgIpc) is 2.17. The molecule has 0 radical (unpaired) electrons. The smallest absolute Gasteiger partial charge is 0.303 e. The zero-order chi connectivity index (χ0) is 10.6. The lowest BCUT2D eigenvalue weighted by Crippen LogP contribution is -2.39. The highest BCUT2D eigenvalue weighted by Crippen LogP contribution is 2.21. The van der Waals surface area contributed by atoms with Gasteiger partial charge in [0.05, 0.1) is 0 Å². The van der Waals surface area contributed by atoms with Crippen molar-refractivity contribution in [1.29, 1.82) is 0 Å². The maximum Gasteiger partial charge on any atom is 0.303 e. The van der Waals surface area contributed by atoms with Gasteiger partial charge in [0.2, 0.25) is 0 Å². The largest absolute Gasteiger partial charge is 0.481 e. The quantitative estimate of drug-likeness (QED) is 0.698. The summed E-state index contributed by atoms with van der Waals surface area (Å²) in [6.45, 7) is 7.91. The molecule has 1 unspecified atom stereocenters. The summed E-state index contributed by atoms with van der Waals surface area (Å²) in [6, 6.07) is 0.417. The van der Waals surface area contributed by atoms with Crippen LogP contribution in [0.3, 0.4) is 0 Å². The van der Waals surface area contributed by atoms with Crippen molar-refractivity contribution in [3.05, 3.63) is 12.7 Å². The third kappa shape index (κ3) is 3.14. The number of carboxylic acid groups (broad SMARTS) is 1. The molecule has 1 fully saturated rings. The summed E-state index contributed by atoms with van der Waals surface area (Å²) < 4.78 is 0. The minimum atomic E-state index is -0.666. The van der Waals surface area contributed by atoms with E-state index in [2.05, 4.69) is 18.4 Å². The second kappa shape index (κ2) is 5.15. The maximum atomic E-state index is 10.5. The molecule has 0 saturated carbocycles. The van der Waals surface area contributed by atoms with E-state index >= 15 is 0 Å². The van der Waals surface area contributed by atoms with Crippen molar-refractivity contribution >= 4 is 5.97 Å². The van der Waals surface area contributed by atoms with Crippen LogP contribution >= 0.6 is 0 Å². The molecule has 1 aliphatic rings. The van der Waals surface area contributed by atoms with E-state index in [-0.39, 0.29) is 0 Å². The topological polar surface area (TPSA) is 40.5 Å². The van der Waals surface area contributed by atoms with Gasteiger partial charge >= 0.3 is 5.97 Å². The highest BCUT2D eigenvalue weighted by Gasteiger charge is 2.22. The molecule has 1 rings (SSSR count). The van der Waals surface area contributed by atoms with Crippen LogP contribution in [0.4, 0.5) is 0 Å². The SMILES string of the molecule is C=CC(C)N1CCC(CC(=O)O)CC1. The van der Waals surface area contributed by atoms with Gasteiger partial charge in [-0.15, -0.1) is 6.58 Å². The highest BCUT2D eigenvalue weighted by molar-refractivity contribution is 5.67. The predicted molar refractivity (Wildman–Crippen MR) is 56.2 cm³/mol. The van der Waals surface area contributed by atoms with E-state index in [1.807, 2.05) is 6.08 Å². The second-order valence-electron chi connectivity index (χ2n) is 4.05. The molecule has 1 aliphatic heterocycles. The normalized spacial score (nSPS) is 21.8. The Kier molecular flexibility index (Phi) is 4.14. The minimum absolute atomic E-state index is 0.330. The van der Waals surface area contributed by atoms with Crippen LogP contribution in [0, 0.1) is 5.92 Å². The summed E-state index contributed by atoms with van der Waals surface area (Å²) in [5, 5.41) is 8.66. The van der Waals surface area contributed by atoms with Gasteiger partial charge in [0.25, 0.3) is 0 Å². The maximum absolute atomic E-state index is 10.5. The Labute approximate surface area is 85.4 Å². The lowest BCUT2D eigenvalue weighted by molar-refractivity contribution is -0.138. The van der Waals surface area contributed by atoms with Gasteiger partial charge in [0, 0.05) is 12.5 Å². The summed E-state index contributed by atoms with van der Waals surface area (Å²) in [5.74, 6) is -0.291. The van der Waals surface area contributed by atoms with Gasteiger partial charge < -0.3 is 5.11 Å². The van der Waals surface area contributed by atoms with Crippen molar-refractivity contribution in [1.82, 2.24) is 4.90 Å². The Bertz CT molecular complexity index is 207. The first-order valence-electron chi connectivity index (χ1n) is 5.22. The zero-order valence-electron chi connectivity index (χ0n) is 8.78. The summed E-state index contributed by atoms with van der Waals surface area (Å²) in [5.41, 5.74) is 0. The predicted octanol–water partition coefficient (Wildman–Crippen LogP) is 1.75. The third-order valence-electron chi connectivity index (χ3n) is 3.03. The molecule has 0 aromatic rings. The molecule has 0 bridgehead atoms. The molecule has 1 heterocycles. The number of aliphatic carboxylic acids is 1. The fourth-order valence-electron chi connectivity index (χ4n) is 1.96. The third-order valence-corrected chi connectivity index (χ3v) is 3.03. The lowest BCUT2D eigenvalue weighted by atomic mass is 9.93. The number of rotatable bonds is 4. The molecule has 0 aromatic heterocycles. The number of hydrogen-bond donors (Lipinski definition) is 1. The lowest BCUT2D eigenvalue weighted by Gasteiger charge is -2.34. The molecule has 0 amide bonds. The van der Waals surface area contributed by atoms with E-state index in [9.17, 15) is 4.79 Å². The number of piperidine rings is 1. The monoisotopic (exact) mass is 197 g/mol. The summed E-state index contributed by atoms with van der Waals surface area (Å²) in [7, 11) is 0. The Balaban J connectivity index is 2.30. The van der Waals surface area contributed by atoms with Crippen LogP contribution in [0.1, 0.15) is 26.2 Å². The van der Waals surface area contributed by atoms with E-state index in [1.165, 1.54) is 0 Å². The Morgan fingerprint density at radius 2 is 2.21 bits per heavy atom. The van der Waals surface area contributed by atoms with Crippen molar-refractivity contribution in [2.24, 2.45) is 5.92 Å². The van der Waals surface area contributed by atoms with Crippen LogP contribution in [0.25, 0.3) is 0 Å². The fourth-order valence-corrected chi connectivity index (χ4v) is 1.96. The molecule has 14 heavy (non-hydrogen) atoms. The standard InChI is InChI=1S/C11H19NO2/c1-3-9(2)12-6-4-10(5-7-12)8-11(13)14/h3,9-10H,1,4-8H2,2H3,(H,13,14). The van der Waals surface area contributed by atoms with E-state index in [0.717, 1.165) is 25.9 Å². The van der Waals surface area contributed by atoms with Crippen LogP contribution in [0.5, 0.6) is 0 Å². The molecule has 0 spiro atoms. The van der Waals surface area contributed by atoms with Gasteiger partial charge in [0.1, 0.15) is 0 Å². The highest BCUT2D eigenvalue weighted by atomic mass is 16.4. The van der Waals surface area contributed by atoms with Gasteiger partial charge in [-0.3, -0.25) is 9.69 Å². The Morgan fingerprint density at radius 1 is 1.64 bits per heavy atom. The van der Waals surface area contributed by atoms with E-state index in [1.54, 1.807) is 0 Å². The molecule has 1 atom stereocenters. The molecular weight excluding hydrogens is 178 g/mol. The summed E-state index contributed by atoms with van der Waals surface area (Å²) >= 11 is 0. The van der Waals surface area contributed by atoms with Crippen molar-refractivity contribution in [2.45, 2.75) is 32.2 Å². The van der Waals surface area contributed by atoms with Crippen LogP contribution in [0.2, 0.25) is 0 Å². The summed E-state index contributed by atoms with van der Waals surface area (Å²) in [6.07, 6.45) is 4.28. The first-order valence-corrected chi connectivity index (χ1v) is 5.22. The zero-order valence-corrected chi connectivity index (χ0v) is 8.78. The van der Waals surface area contributed by atoms with Gasteiger partial charge in [-0.2, -0.15) is 0 Å². The van der Waals surface area contributed by atoms with Gasteiger partial charge in [-0.25, -0.2) is 0 Å². The Morgan fingerprint density at radius 3 is 2.64 bits per heavy atom. The van der Waals surface area contributed by atoms with Crippen molar-refractivity contribution in [3.8, 4) is 0 Å².